The van der Waals surface area contributed by atoms with Gasteiger partial charge >= 0.3 is 12.0 Å². The van der Waals surface area contributed by atoms with Crippen LogP contribution in [0.5, 0.6) is 0 Å². The van der Waals surface area contributed by atoms with Crippen LogP contribution in [0.15, 0.2) is 18.2 Å². The Labute approximate surface area is 117 Å². The number of carboxylic acids is 1. The van der Waals surface area contributed by atoms with Gasteiger partial charge in [0.1, 0.15) is 0 Å². The number of benzene rings is 1. The van der Waals surface area contributed by atoms with Crippen LogP contribution in [0.2, 0.25) is 5.02 Å². The number of amides is 2. The van der Waals surface area contributed by atoms with Gasteiger partial charge in [0.05, 0.1) is 11.3 Å². The van der Waals surface area contributed by atoms with Crippen molar-refractivity contribution in [2.75, 3.05) is 11.9 Å². The molecule has 0 saturated carbocycles. The monoisotopic (exact) mass is 284 g/mol. The summed E-state index contributed by atoms with van der Waals surface area (Å²) in [5.74, 6) is -0.769. The Balaban J connectivity index is 2.71. The normalized spacial score (nSPS) is 11.7. The molecule has 19 heavy (non-hydrogen) atoms. The summed E-state index contributed by atoms with van der Waals surface area (Å²) in [4.78, 5) is 22.7. The molecule has 0 fully saturated rings. The van der Waals surface area contributed by atoms with Crippen LogP contribution >= 0.6 is 11.6 Å². The molecule has 0 radical (unpaired) electrons. The van der Waals surface area contributed by atoms with E-state index in [2.05, 4.69) is 10.6 Å². The van der Waals surface area contributed by atoms with Gasteiger partial charge < -0.3 is 15.7 Å². The third kappa shape index (κ3) is 4.79. The largest absolute Gasteiger partial charge is 0.478 e. The van der Waals surface area contributed by atoms with E-state index in [1.807, 2.05) is 13.8 Å². The third-order valence-corrected chi connectivity index (χ3v) is 3.00. The van der Waals surface area contributed by atoms with Crippen LogP contribution in [-0.2, 0) is 0 Å². The molecule has 0 heterocycles. The summed E-state index contributed by atoms with van der Waals surface area (Å²) in [7, 11) is 0. The van der Waals surface area contributed by atoms with E-state index in [1.54, 1.807) is 0 Å². The summed E-state index contributed by atoms with van der Waals surface area (Å²) in [5.41, 5.74) is 0.185. The third-order valence-electron chi connectivity index (χ3n) is 2.77. The fourth-order valence-electron chi connectivity index (χ4n) is 1.38. The second kappa shape index (κ2) is 6.99. The van der Waals surface area contributed by atoms with Gasteiger partial charge in [0.25, 0.3) is 0 Å². The molecular formula is C13H17ClN2O3. The molecule has 5 nitrogen and oxygen atoms in total. The van der Waals surface area contributed by atoms with Crippen LogP contribution in [-0.4, -0.2) is 23.7 Å². The number of anilines is 1. The number of rotatable bonds is 5. The molecule has 6 heteroatoms. The van der Waals surface area contributed by atoms with E-state index >= 15 is 0 Å². The Bertz CT molecular complexity index is 477. The first-order valence-corrected chi connectivity index (χ1v) is 6.39. The van der Waals surface area contributed by atoms with Crippen molar-refractivity contribution >= 4 is 29.3 Å². The molecule has 0 aliphatic rings. The average molecular weight is 285 g/mol. The van der Waals surface area contributed by atoms with Crippen molar-refractivity contribution in [2.45, 2.75) is 20.3 Å². The smallest absolute Gasteiger partial charge is 0.337 e. The molecule has 1 atom stereocenters. The molecule has 1 unspecified atom stereocenters. The summed E-state index contributed by atoms with van der Waals surface area (Å²) in [6.45, 7) is 4.59. The minimum Gasteiger partial charge on any atom is -0.478 e. The van der Waals surface area contributed by atoms with Gasteiger partial charge in [-0.15, -0.1) is 0 Å². The summed E-state index contributed by atoms with van der Waals surface area (Å²) < 4.78 is 0. The van der Waals surface area contributed by atoms with Crippen LogP contribution < -0.4 is 10.6 Å². The van der Waals surface area contributed by atoms with Gasteiger partial charge in [-0.3, -0.25) is 0 Å². The number of halogens is 1. The van der Waals surface area contributed by atoms with E-state index in [1.165, 1.54) is 18.2 Å². The molecule has 1 aromatic carbocycles. The number of carbonyl (C=O) groups excluding carboxylic acids is 1. The molecular weight excluding hydrogens is 268 g/mol. The van der Waals surface area contributed by atoms with Gasteiger partial charge in [0.15, 0.2) is 0 Å². The van der Waals surface area contributed by atoms with Crippen LogP contribution in [0.1, 0.15) is 30.6 Å². The van der Waals surface area contributed by atoms with E-state index in [9.17, 15) is 9.59 Å². The van der Waals surface area contributed by atoms with E-state index in [0.29, 0.717) is 17.5 Å². The number of carboxylic acid groups (broad SMARTS) is 1. The van der Waals surface area contributed by atoms with Gasteiger partial charge in [0.2, 0.25) is 0 Å². The van der Waals surface area contributed by atoms with Gasteiger partial charge in [0, 0.05) is 11.6 Å². The molecule has 0 aliphatic heterocycles. The lowest BCUT2D eigenvalue weighted by Crippen LogP contribution is -2.32. The first kappa shape index (κ1) is 15.3. The Hall–Kier alpha value is -1.75. The number of aromatic carboxylic acids is 1. The molecule has 0 saturated heterocycles. The van der Waals surface area contributed by atoms with Crippen LogP contribution in [0.4, 0.5) is 10.5 Å². The fourth-order valence-corrected chi connectivity index (χ4v) is 1.55. The van der Waals surface area contributed by atoms with Crippen molar-refractivity contribution in [1.29, 1.82) is 0 Å². The minimum absolute atomic E-state index is 0.0359. The maximum atomic E-state index is 11.6. The molecule has 0 bridgehead atoms. The average Bonchev–Trinajstić information content (AvgIpc) is 2.37. The summed E-state index contributed by atoms with van der Waals surface area (Å²) in [5, 5.41) is 14.5. The highest BCUT2D eigenvalue weighted by Gasteiger charge is 2.13. The number of nitrogens with one attached hydrogen (secondary N) is 2. The summed E-state index contributed by atoms with van der Waals surface area (Å²) in [6.07, 6.45) is 0.960. The van der Waals surface area contributed by atoms with E-state index < -0.39 is 12.0 Å². The molecule has 0 aromatic heterocycles. The van der Waals surface area contributed by atoms with Crippen molar-refractivity contribution in [3.05, 3.63) is 28.8 Å². The highest BCUT2D eigenvalue weighted by atomic mass is 35.5. The minimum atomic E-state index is -1.14. The highest BCUT2D eigenvalue weighted by molar-refractivity contribution is 6.31. The number of urea groups is 1. The lowest BCUT2D eigenvalue weighted by Gasteiger charge is -2.12. The molecule has 0 spiro atoms. The van der Waals surface area contributed by atoms with E-state index in [0.717, 1.165) is 6.42 Å². The quantitative estimate of drug-likeness (QED) is 0.777. The van der Waals surface area contributed by atoms with Crippen LogP contribution in [0.25, 0.3) is 0 Å². The molecule has 2 amide bonds. The fraction of sp³-hybridized carbons (Fsp3) is 0.385. The maximum Gasteiger partial charge on any atom is 0.337 e. The zero-order chi connectivity index (χ0) is 14.4. The Morgan fingerprint density at radius 3 is 2.68 bits per heavy atom. The second-order valence-corrected chi connectivity index (χ2v) is 4.78. The Morgan fingerprint density at radius 2 is 2.11 bits per heavy atom. The number of hydrogen-bond acceptors (Lipinski definition) is 2. The van der Waals surface area contributed by atoms with Crippen molar-refractivity contribution in [2.24, 2.45) is 5.92 Å². The predicted octanol–water partition coefficient (Wildman–Crippen LogP) is 3.21. The van der Waals surface area contributed by atoms with Crippen LogP contribution in [0, 0.1) is 5.92 Å². The summed E-state index contributed by atoms with van der Waals surface area (Å²) >= 11 is 5.73. The standard InChI is InChI=1S/C13H17ClN2O3/c1-3-8(2)7-15-13(19)16-11-5-4-9(14)6-10(11)12(17)18/h4-6,8H,3,7H2,1-2H3,(H,17,18)(H2,15,16,19). The van der Waals surface area contributed by atoms with Crippen molar-refractivity contribution < 1.29 is 14.7 Å². The molecule has 0 aliphatic carbocycles. The Kier molecular flexibility index (Phi) is 5.63. The molecule has 104 valence electrons. The van der Waals surface area contributed by atoms with E-state index in [-0.39, 0.29) is 11.3 Å². The topological polar surface area (TPSA) is 78.4 Å². The van der Waals surface area contributed by atoms with Crippen molar-refractivity contribution in [1.82, 2.24) is 5.32 Å². The number of carbonyl (C=O) groups is 2. The Morgan fingerprint density at radius 1 is 1.42 bits per heavy atom. The van der Waals surface area contributed by atoms with Gasteiger partial charge in [-0.2, -0.15) is 0 Å². The first-order chi connectivity index (χ1) is 8.93. The molecule has 1 aromatic rings. The zero-order valence-electron chi connectivity index (χ0n) is 10.9. The van der Waals surface area contributed by atoms with Gasteiger partial charge in [-0.1, -0.05) is 31.9 Å². The predicted molar refractivity (Wildman–Crippen MR) is 74.9 cm³/mol. The lowest BCUT2D eigenvalue weighted by atomic mass is 10.1. The maximum absolute atomic E-state index is 11.6. The van der Waals surface area contributed by atoms with Crippen LogP contribution in [0.3, 0.4) is 0 Å². The highest BCUT2D eigenvalue weighted by Crippen LogP contribution is 2.20. The van der Waals surface area contributed by atoms with Gasteiger partial charge in [-0.25, -0.2) is 9.59 Å². The lowest BCUT2D eigenvalue weighted by molar-refractivity contribution is 0.0698. The zero-order valence-corrected chi connectivity index (χ0v) is 11.6. The second-order valence-electron chi connectivity index (χ2n) is 4.34. The molecule has 1 rings (SSSR count). The first-order valence-electron chi connectivity index (χ1n) is 6.01. The summed E-state index contributed by atoms with van der Waals surface area (Å²) in [6, 6.07) is 3.87. The van der Waals surface area contributed by atoms with Crippen molar-refractivity contribution in [3.63, 3.8) is 0 Å². The SMILES string of the molecule is CCC(C)CNC(=O)Nc1ccc(Cl)cc1C(=O)O. The van der Waals surface area contributed by atoms with Crippen molar-refractivity contribution in [3.8, 4) is 0 Å². The van der Waals surface area contributed by atoms with Gasteiger partial charge in [-0.05, 0) is 24.1 Å². The molecule has 3 N–H and O–H groups in total. The van der Waals surface area contributed by atoms with E-state index in [4.69, 9.17) is 16.7 Å². The number of hydrogen-bond donors (Lipinski definition) is 3.